The number of imidazole rings is 1. The molecule has 1 fully saturated rings. The van der Waals surface area contributed by atoms with Crippen molar-refractivity contribution in [1.82, 2.24) is 14.9 Å². The van der Waals surface area contributed by atoms with Gasteiger partial charge in [0.2, 0.25) is 0 Å². The van der Waals surface area contributed by atoms with Crippen molar-refractivity contribution in [3.05, 3.63) is 18.2 Å². The third-order valence-electron chi connectivity index (χ3n) is 3.07. The maximum absolute atomic E-state index is 11.8. The second kappa shape index (κ2) is 3.90. The topological polar surface area (TPSA) is 72.9 Å². The van der Waals surface area contributed by atoms with Crippen LogP contribution in [0.1, 0.15) is 30.8 Å². The van der Waals surface area contributed by atoms with Crippen LogP contribution in [0.15, 0.2) is 12.5 Å². The van der Waals surface area contributed by atoms with Gasteiger partial charge in [-0.15, -0.1) is 0 Å². The average Bonchev–Trinajstić information content (AvgIpc) is 2.66. The molecule has 0 bridgehead atoms. The van der Waals surface area contributed by atoms with Gasteiger partial charge in [0.15, 0.2) is 0 Å². The Morgan fingerprint density at radius 2 is 2.44 bits per heavy atom. The van der Waals surface area contributed by atoms with Crippen LogP contribution in [0.5, 0.6) is 0 Å². The van der Waals surface area contributed by atoms with Gasteiger partial charge in [-0.25, -0.2) is 4.98 Å². The average molecular weight is 222 g/mol. The normalized spacial score (nSPS) is 21.8. The van der Waals surface area contributed by atoms with Gasteiger partial charge in [0.05, 0.1) is 6.33 Å². The van der Waals surface area contributed by atoms with Crippen molar-refractivity contribution in [3.63, 3.8) is 0 Å². The van der Waals surface area contributed by atoms with Gasteiger partial charge in [0, 0.05) is 25.3 Å². The van der Waals surface area contributed by atoms with Crippen LogP contribution in [0, 0.1) is 5.41 Å². The van der Waals surface area contributed by atoms with E-state index in [1.165, 1.54) is 0 Å². The van der Waals surface area contributed by atoms with Crippen molar-refractivity contribution in [1.29, 1.82) is 0 Å². The van der Waals surface area contributed by atoms with Gasteiger partial charge in [-0.2, -0.15) is 0 Å². The molecule has 0 radical (unpaired) electrons. The number of nitrogens with two attached hydrogens (primary N) is 1. The van der Waals surface area contributed by atoms with Crippen LogP contribution in [0.25, 0.3) is 0 Å². The minimum absolute atomic E-state index is 0.0913. The van der Waals surface area contributed by atoms with Crippen LogP contribution in [0.2, 0.25) is 0 Å². The first-order valence-corrected chi connectivity index (χ1v) is 5.55. The summed E-state index contributed by atoms with van der Waals surface area (Å²) in [4.78, 5) is 15.8. The van der Waals surface area contributed by atoms with E-state index in [4.69, 9.17) is 5.73 Å². The van der Waals surface area contributed by atoms with Crippen LogP contribution in [-0.4, -0.2) is 28.0 Å². The summed E-state index contributed by atoms with van der Waals surface area (Å²) in [7, 11) is 0. The van der Waals surface area contributed by atoms with Crippen molar-refractivity contribution in [2.45, 2.75) is 32.9 Å². The SMILES string of the molecule is CC1(C)CC1NC(=O)c1cn(CCN)cn1. The van der Waals surface area contributed by atoms with Crippen molar-refractivity contribution in [2.75, 3.05) is 6.54 Å². The lowest BCUT2D eigenvalue weighted by Crippen LogP contribution is -2.28. The van der Waals surface area contributed by atoms with Crippen LogP contribution < -0.4 is 11.1 Å². The molecule has 1 aliphatic carbocycles. The number of amides is 1. The van der Waals surface area contributed by atoms with Gasteiger partial charge in [-0.3, -0.25) is 4.79 Å². The van der Waals surface area contributed by atoms with E-state index in [1.54, 1.807) is 12.5 Å². The lowest BCUT2D eigenvalue weighted by Gasteiger charge is -2.04. The molecule has 0 aromatic carbocycles. The third kappa shape index (κ3) is 2.24. The molecule has 1 aliphatic rings. The van der Waals surface area contributed by atoms with E-state index in [-0.39, 0.29) is 11.3 Å². The van der Waals surface area contributed by atoms with Crippen molar-refractivity contribution in [2.24, 2.45) is 11.1 Å². The number of hydrogen-bond donors (Lipinski definition) is 2. The number of nitrogens with zero attached hydrogens (tertiary/aromatic N) is 2. The van der Waals surface area contributed by atoms with Gasteiger partial charge in [-0.1, -0.05) is 13.8 Å². The molecule has 1 heterocycles. The molecule has 1 atom stereocenters. The lowest BCUT2D eigenvalue weighted by atomic mass is 10.2. The monoisotopic (exact) mass is 222 g/mol. The third-order valence-corrected chi connectivity index (χ3v) is 3.07. The molecule has 0 spiro atoms. The van der Waals surface area contributed by atoms with E-state index < -0.39 is 0 Å². The zero-order chi connectivity index (χ0) is 11.8. The van der Waals surface area contributed by atoms with Gasteiger partial charge < -0.3 is 15.6 Å². The Labute approximate surface area is 95.0 Å². The fourth-order valence-electron chi connectivity index (χ4n) is 1.69. The van der Waals surface area contributed by atoms with E-state index in [1.807, 2.05) is 4.57 Å². The summed E-state index contributed by atoms with van der Waals surface area (Å²) in [6.45, 7) is 5.53. The minimum atomic E-state index is -0.0913. The van der Waals surface area contributed by atoms with Gasteiger partial charge in [0.1, 0.15) is 5.69 Å². The Morgan fingerprint density at radius 1 is 1.75 bits per heavy atom. The van der Waals surface area contributed by atoms with E-state index in [0.717, 1.165) is 6.42 Å². The molecule has 3 N–H and O–H groups in total. The molecule has 1 aromatic heterocycles. The van der Waals surface area contributed by atoms with E-state index in [2.05, 4.69) is 24.1 Å². The quantitative estimate of drug-likeness (QED) is 0.773. The molecule has 5 heteroatoms. The van der Waals surface area contributed by atoms with Crippen LogP contribution in [0.4, 0.5) is 0 Å². The predicted octanol–water partition coefficient (Wildman–Crippen LogP) is 0.370. The highest BCUT2D eigenvalue weighted by Gasteiger charge is 2.46. The maximum atomic E-state index is 11.8. The molecule has 88 valence electrons. The minimum Gasteiger partial charge on any atom is -0.347 e. The second-order valence-corrected chi connectivity index (χ2v) is 5.00. The molecule has 1 amide bonds. The fourth-order valence-corrected chi connectivity index (χ4v) is 1.69. The molecule has 16 heavy (non-hydrogen) atoms. The molecule has 0 aliphatic heterocycles. The Hall–Kier alpha value is -1.36. The summed E-state index contributed by atoms with van der Waals surface area (Å²) in [5, 5.41) is 2.97. The highest BCUT2D eigenvalue weighted by Crippen LogP contribution is 2.44. The molecule has 2 rings (SSSR count). The zero-order valence-corrected chi connectivity index (χ0v) is 9.73. The molecular weight excluding hydrogens is 204 g/mol. The first-order valence-electron chi connectivity index (χ1n) is 5.55. The van der Waals surface area contributed by atoms with Crippen molar-refractivity contribution < 1.29 is 4.79 Å². The smallest absolute Gasteiger partial charge is 0.271 e. The number of nitrogens with one attached hydrogen (secondary N) is 1. The number of carbonyl (C=O) groups excluding carboxylic acids is 1. The lowest BCUT2D eigenvalue weighted by molar-refractivity contribution is 0.0941. The standard InChI is InChI=1S/C11H18N4O/c1-11(2)5-9(11)14-10(16)8-6-15(4-3-12)7-13-8/h6-7,9H,3-5,12H2,1-2H3,(H,14,16). The summed E-state index contributed by atoms with van der Waals surface area (Å²) in [6, 6.07) is 0.291. The van der Waals surface area contributed by atoms with Gasteiger partial charge >= 0.3 is 0 Å². The first kappa shape index (κ1) is 11.1. The molecule has 5 nitrogen and oxygen atoms in total. The van der Waals surface area contributed by atoms with Crippen molar-refractivity contribution in [3.8, 4) is 0 Å². The van der Waals surface area contributed by atoms with Crippen LogP contribution in [0.3, 0.4) is 0 Å². The number of carbonyl (C=O) groups is 1. The highest BCUT2D eigenvalue weighted by atomic mass is 16.2. The van der Waals surface area contributed by atoms with Crippen LogP contribution >= 0.6 is 0 Å². The number of aromatic nitrogens is 2. The van der Waals surface area contributed by atoms with Gasteiger partial charge in [-0.05, 0) is 11.8 Å². The summed E-state index contributed by atoms with van der Waals surface area (Å²) in [6.07, 6.45) is 4.42. The molecule has 1 saturated carbocycles. The van der Waals surface area contributed by atoms with Crippen molar-refractivity contribution >= 4 is 5.91 Å². The molecule has 1 aromatic rings. The second-order valence-electron chi connectivity index (χ2n) is 5.00. The summed E-state index contributed by atoms with van der Waals surface area (Å²) in [5.74, 6) is -0.0913. The van der Waals surface area contributed by atoms with E-state index in [0.29, 0.717) is 24.8 Å². The largest absolute Gasteiger partial charge is 0.347 e. The fraction of sp³-hybridized carbons (Fsp3) is 0.636. The first-order chi connectivity index (χ1) is 7.53. The Bertz CT molecular complexity index is 396. The Morgan fingerprint density at radius 3 is 3.00 bits per heavy atom. The molecule has 0 saturated heterocycles. The molecule has 1 unspecified atom stereocenters. The predicted molar refractivity (Wildman–Crippen MR) is 60.9 cm³/mol. The van der Waals surface area contributed by atoms with Gasteiger partial charge in [0.25, 0.3) is 5.91 Å². The Kier molecular flexibility index (Phi) is 2.71. The van der Waals surface area contributed by atoms with Crippen LogP contribution in [-0.2, 0) is 6.54 Å². The van der Waals surface area contributed by atoms with E-state index >= 15 is 0 Å². The maximum Gasteiger partial charge on any atom is 0.271 e. The summed E-state index contributed by atoms with van der Waals surface area (Å²) in [5.41, 5.74) is 6.14. The number of hydrogen-bond acceptors (Lipinski definition) is 3. The number of rotatable bonds is 4. The van der Waals surface area contributed by atoms with E-state index in [9.17, 15) is 4.79 Å². The molecular formula is C11H18N4O. The zero-order valence-electron chi connectivity index (χ0n) is 9.73. The highest BCUT2D eigenvalue weighted by molar-refractivity contribution is 5.92. The Balaban J connectivity index is 1.93. The summed E-state index contributed by atoms with van der Waals surface area (Å²) >= 11 is 0. The summed E-state index contributed by atoms with van der Waals surface area (Å²) < 4.78 is 1.83.